The van der Waals surface area contributed by atoms with Gasteiger partial charge in [-0.25, -0.2) is 0 Å². The molecule has 2 radical (unpaired) electrons. The molecule has 4 heteroatoms. The zero-order chi connectivity index (χ0) is 0. The molecule has 0 aromatic carbocycles. The zero-order valence-corrected chi connectivity index (χ0v) is 6.20. The molecule has 0 aromatic rings. The molecule has 0 N–H and O–H groups in total. The summed E-state index contributed by atoms with van der Waals surface area (Å²) in [6.07, 6.45) is 0. The van der Waals surface area contributed by atoms with Crippen LogP contribution in [0.25, 0.3) is 0 Å². The molecule has 0 aliphatic carbocycles. The fourth-order valence-electron chi connectivity index (χ4n) is 0. The molecule has 0 fully saturated rings. The average molecular weight is 337 g/mol. The Balaban J connectivity index is 0. The van der Waals surface area contributed by atoms with E-state index in [0.717, 1.165) is 0 Å². The van der Waals surface area contributed by atoms with Crippen LogP contribution in [0.15, 0.2) is 0 Å². The van der Waals surface area contributed by atoms with E-state index in [-0.39, 0.29) is 76.4 Å². The van der Waals surface area contributed by atoms with Crippen LogP contribution in [0.1, 0.15) is 0 Å². The molecule has 42 valence electrons. The van der Waals surface area contributed by atoms with E-state index in [1.54, 1.807) is 0 Å². The van der Waals surface area contributed by atoms with Gasteiger partial charge in [-0.2, -0.15) is 0 Å². The average Bonchev–Trinajstić information content (AvgIpc) is 0. The summed E-state index contributed by atoms with van der Waals surface area (Å²) in [4.78, 5) is 0. The van der Waals surface area contributed by atoms with Crippen molar-refractivity contribution in [2.45, 2.75) is 0 Å². The van der Waals surface area contributed by atoms with Crippen molar-refractivity contribution >= 4 is 0 Å². The van der Waals surface area contributed by atoms with Crippen LogP contribution in [0.5, 0.6) is 0 Å². The maximum atomic E-state index is 0. The second-order valence-corrected chi connectivity index (χ2v) is 0. The Morgan fingerprint density at radius 1 is 1.00 bits per heavy atom. The predicted molar refractivity (Wildman–Crippen MR) is 0 cm³/mol. The minimum atomic E-state index is 0. The van der Waals surface area contributed by atoms with E-state index in [2.05, 4.69) is 0 Å². The van der Waals surface area contributed by atoms with Crippen LogP contribution in [0.2, 0.25) is 0 Å². The van der Waals surface area contributed by atoms with Crippen molar-refractivity contribution in [2.24, 2.45) is 0 Å². The van der Waals surface area contributed by atoms with Crippen LogP contribution in [-0.4, -0.2) is 0 Å². The summed E-state index contributed by atoms with van der Waals surface area (Å²) in [7, 11) is 0. The normalized spacial score (nSPS) is 0. The van der Waals surface area contributed by atoms with Gasteiger partial charge in [-0.05, 0) is 0 Å². The topological polar surface area (TPSA) is 0 Å². The Bertz CT molecular complexity index is 8.00. The van der Waals surface area contributed by atoms with Crippen LogP contribution in [0.3, 0.4) is 0 Å². The largest absolute Gasteiger partial charge is 0 e. The third-order valence-corrected chi connectivity index (χ3v) is 0. The quantitative estimate of drug-likeness (QED) is 0.546. The summed E-state index contributed by atoms with van der Waals surface area (Å²) in [5.74, 6) is 0. The Morgan fingerprint density at radius 2 is 1.00 bits per heavy atom. The predicted octanol–water partition coefficient (Wildman–Crippen LogP) is -0.0100. The van der Waals surface area contributed by atoms with E-state index < -0.39 is 0 Å². The first-order chi connectivity index (χ1) is 0. The SMILES string of the molecule is [Ag].[Cu].[Ni].[Pd]. The first kappa shape index (κ1) is 32.2. The molecule has 4 heavy (non-hydrogen) atoms. The van der Waals surface area contributed by atoms with Gasteiger partial charge in [-0.3, -0.25) is 0 Å². The fraction of sp³-hybridized carbons (Fsp3) is 0. The molecule has 0 heterocycles. The van der Waals surface area contributed by atoms with Crippen LogP contribution >= 0.6 is 0 Å². The monoisotopic (exact) mass is 334 g/mol. The summed E-state index contributed by atoms with van der Waals surface area (Å²) >= 11 is 0. The van der Waals surface area contributed by atoms with E-state index in [1.807, 2.05) is 0 Å². The van der Waals surface area contributed by atoms with Gasteiger partial charge < -0.3 is 0 Å². The van der Waals surface area contributed by atoms with Crippen molar-refractivity contribution in [3.63, 3.8) is 0 Å². The summed E-state index contributed by atoms with van der Waals surface area (Å²) in [5.41, 5.74) is 0. The molecule has 0 atom stereocenters. The third kappa shape index (κ3) is 8.83. The summed E-state index contributed by atoms with van der Waals surface area (Å²) in [6, 6.07) is 0. The Morgan fingerprint density at radius 3 is 1.00 bits per heavy atom. The van der Waals surface area contributed by atoms with Crippen molar-refractivity contribution in [1.82, 2.24) is 0 Å². The van der Waals surface area contributed by atoms with Gasteiger partial charge >= 0.3 is 0 Å². The van der Waals surface area contributed by atoms with Crippen LogP contribution < -0.4 is 0 Å². The van der Waals surface area contributed by atoms with Crippen molar-refractivity contribution in [3.8, 4) is 0 Å². The van der Waals surface area contributed by atoms with Crippen LogP contribution in [0.4, 0.5) is 0 Å². The molecule has 0 aliphatic rings. The minimum Gasteiger partial charge on any atom is 0 e. The van der Waals surface area contributed by atoms with Gasteiger partial charge in [0.15, 0.2) is 0 Å². The molecule has 0 aromatic heterocycles. The standard InChI is InChI=1S/Ag.Cu.Ni.Pd. The molecule has 0 saturated heterocycles. The zero-order valence-electron chi connectivity index (χ0n) is 1.24. The van der Waals surface area contributed by atoms with Gasteiger partial charge in [0.05, 0.1) is 0 Å². The molecule has 0 spiro atoms. The van der Waals surface area contributed by atoms with E-state index in [0.29, 0.717) is 0 Å². The van der Waals surface area contributed by atoms with Gasteiger partial charge in [-0.1, -0.05) is 0 Å². The van der Waals surface area contributed by atoms with Crippen molar-refractivity contribution in [3.05, 3.63) is 0 Å². The maximum Gasteiger partial charge on any atom is 0 e. The molecular formula is AgCuNiPd. The van der Waals surface area contributed by atoms with Crippen LogP contribution in [-0.2, 0) is 76.4 Å². The fourth-order valence-corrected chi connectivity index (χ4v) is 0. The van der Waals surface area contributed by atoms with Crippen molar-refractivity contribution in [2.75, 3.05) is 0 Å². The number of hydrogen-bond donors (Lipinski definition) is 0. The molecule has 0 aliphatic heterocycles. The summed E-state index contributed by atoms with van der Waals surface area (Å²) < 4.78 is 0. The Kier molecular flexibility index (Phi) is 146. The second kappa shape index (κ2) is 18.1. The van der Waals surface area contributed by atoms with Gasteiger partial charge in [-0.15, -0.1) is 0 Å². The van der Waals surface area contributed by atoms with Gasteiger partial charge in [0.1, 0.15) is 0 Å². The molecule has 0 amide bonds. The van der Waals surface area contributed by atoms with Crippen molar-refractivity contribution < 1.29 is 76.4 Å². The molecular weight excluding hydrogens is 337 g/mol. The third-order valence-electron chi connectivity index (χ3n) is 0. The molecule has 0 nitrogen and oxygen atoms in total. The molecule has 0 rings (SSSR count). The first-order valence-corrected chi connectivity index (χ1v) is 0. The molecule has 0 saturated carbocycles. The number of hydrogen-bond acceptors (Lipinski definition) is 0. The van der Waals surface area contributed by atoms with E-state index in [1.165, 1.54) is 0 Å². The van der Waals surface area contributed by atoms with Crippen molar-refractivity contribution in [1.29, 1.82) is 0 Å². The van der Waals surface area contributed by atoms with Gasteiger partial charge in [0, 0.05) is 76.4 Å². The first-order valence-electron chi connectivity index (χ1n) is 0. The summed E-state index contributed by atoms with van der Waals surface area (Å²) in [6.45, 7) is 0. The van der Waals surface area contributed by atoms with Crippen LogP contribution in [0, 0.1) is 0 Å². The van der Waals surface area contributed by atoms with E-state index in [9.17, 15) is 0 Å². The smallest absolute Gasteiger partial charge is 0 e. The number of rotatable bonds is 0. The Labute approximate surface area is 75.4 Å². The maximum absolute atomic E-state index is 0. The second-order valence-electron chi connectivity index (χ2n) is 0. The molecule has 0 unspecified atom stereocenters. The Hall–Kier alpha value is 2.42. The summed E-state index contributed by atoms with van der Waals surface area (Å²) in [5, 5.41) is 0. The molecule has 0 bridgehead atoms. The van der Waals surface area contributed by atoms with Gasteiger partial charge in [0.25, 0.3) is 0 Å². The minimum absolute atomic E-state index is 0. The van der Waals surface area contributed by atoms with E-state index in [4.69, 9.17) is 0 Å². The van der Waals surface area contributed by atoms with Gasteiger partial charge in [0.2, 0.25) is 0 Å². The van der Waals surface area contributed by atoms with E-state index >= 15 is 0 Å².